The van der Waals surface area contributed by atoms with Crippen LogP contribution in [0.4, 0.5) is 5.82 Å². The number of nitrogens with one attached hydrogen (secondary N) is 2. The number of aromatic amines is 1. The number of aryl methyl sites for hydroxylation is 3. The van der Waals surface area contributed by atoms with E-state index in [1.54, 1.807) is 6.33 Å². The lowest BCUT2D eigenvalue weighted by Crippen LogP contribution is -2.05. The molecule has 0 radical (unpaired) electrons. The Kier molecular flexibility index (Phi) is 3.32. The third-order valence-corrected chi connectivity index (χ3v) is 3.78. The zero-order chi connectivity index (χ0) is 15.0. The highest BCUT2D eigenvalue weighted by atomic mass is 15.3. The predicted octanol–water partition coefficient (Wildman–Crippen LogP) is 2.11. The van der Waals surface area contributed by atoms with Gasteiger partial charge in [0.1, 0.15) is 11.8 Å². The van der Waals surface area contributed by atoms with Crippen molar-refractivity contribution < 1.29 is 0 Å². The van der Waals surface area contributed by atoms with Crippen LogP contribution in [0.25, 0.3) is 11.0 Å². The molecule has 0 unspecified atom stereocenters. The average molecular weight is 285 g/mol. The Bertz CT molecular complexity index is 784. The minimum Gasteiger partial charge on any atom is -0.364 e. The van der Waals surface area contributed by atoms with E-state index in [4.69, 9.17) is 0 Å². The summed E-state index contributed by atoms with van der Waals surface area (Å²) in [7, 11) is 0. The van der Waals surface area contributed by atoms with Gasteiger partial charge >= 0.3 is 0 Å². The van der Waals surface area contributed by atoms with Crippen LogP contribution in [0.2, 0.25) is 0 Å². The van der Waals surface area contributed by atoms with Crippen LogP contribution < -0.4 is 5.32 Å². The van der Waals surface area contributed by atoms with Crippen LogP contribution in [-0.2, 0) is 13.1 Å². The van der Waals surface area contributed by atoms with Gasteiger partial charge in [0.2, 0.25) is 0 Å². The highest BCUT2D eigenvalue weighted by molar-refractivity contribution is 5.86. The lowest BCUT2D eigenvalue weighted by molar-refractivity contribution is 0.633. The molecule has 21 heavy (non-hydrogen) atoms. The molecule has 0 amide bonds. The molecule has 0 saturated carbocycles. The number of hydrogen-bond donors (Lipinski definition) is 2. The number of H-pyrrole nitrogens is 1. The molecular formula is C14H19N7. The molecule has 0 aliphatic heterocycles. The fourth-order valence-corrected chi connectivity index (χ4v) is 2.55. The van der Waals surface area contributed by atoms with Gasteiger partial charge in [-0.05, 0) is 27.7 Å². The monoisotopic (exact) mass is 285 g/mol. The number of anilines is 1. The Labute approximate surface area is 122 Å². The van der Waals surface area contributed by atoms with E-state index in [0.29, 0.717) is 6.54 Å². The molecule has 0 spiro atoms. The first-order valence-corrected chi connectivity index (χ1v) is 7.04. The van der Waals surface area contributed by atoms with Gasteiger partial charge in [-0.3, -0.25) is 9.78 Å². The average Bonchev–Trinajstić information content (AvgIpc) is 2.99. The molecular weight excluding hydrogens is 266 g/mol. The molecule has 0 atom stereocenters. The quantitative estimate of drug-likeness (QED) is 0.767. The summed E-state index contributed by atoms with van der Waals surface area (Å²) in [6, 6.07) is 0. The Balaban J connectivity index is 1.89. The summed E-state index contributed by atoms with van der Waals surface area (Å²) in [5.41, 5.74) is 6.01. The van der Waals surface area contributed by atoms with E-state index in [-0.39, 0.29) is 0 Å². The Morgan fingerprint density at radius 1 is 1.19 bits per heavy atom. The molecule has 0 aromatic carbocycles. The van der Waals surface area contributed by atoms with Crippen LogP contribution in [-0.4, -0.2) is 29.9 Å². The number of hydrogen-bond acceptors (Lipinski definition) is 5. The number of nitrogens with zero attached hydrogens (tertiary/aromatic N) is 5. The second-order valence-electron chi connectivity index (χ2n) is 5.09. The van der Waals surface area contributed by atoms with Crippen LogP contribution in [0.3, 0.4) is 0 Å². The van der Waals surface area contributed by atoms with Crippen molar-refractivity contribution in [2.75, 3.05) is 5.32 Å². The summed E-state index contributed by atoms with van der Waals surface area (Å²) in [4.78, 5) is 8.54. The largest absolute Gasteiger partial charge is 0.364 e. The van der Waals surface area contributed by atoms with Crippen molar-refractivity contribution in [1.82, 2.24) is 29.9 Å². The minimum atomic E-state index is 0.676. The molecule has 0 saturated heterocycles. The van der Waals surface area contributed by atoms with Crippen LogP contribution in [0.5, 0.6) is 0 Å². The zero-order valence-electron chi connectivity index (χ0n) is 12.7. The van der Waals surface area contributed by atoms with Gasteiger partial charge in [-0.15, -0.1) is 0 Å². The highest BCUT2D eigenvalue weighted by Crippen LogP contribution is 2.20. The van der Waals surface area contributed by atoms with Gasteiger partial charge in [-0.2, -0.15) is 10.2 Å². The van der Waals surface area contributed by atoms with E-state index in [2.05, 4.69) is 44.4 Å². The Hall–Kier alpha value is -2.44. The minimum absolute atomic E-state index is 0.676. The first-order valence-electron chi connectivity index (χ1n) is 7.04. The fraction of sp³-hybridized carbons (Fsp3) is 0.429. The number of fused-ring (bicyclic) bond motifs is 1. The van der Waals surface area contributed by atoms with Crippen molar-refractivity contribution in [1.29, 1.82) is 0 Å². The molecule has 0 bridgehead atoms. The van der Waals surface area contributed by atoms with E-state index in [0.717, 1.165) is 34.8 Å². The molecule has 7 heteroatoms. The molecule has 0 aliphatic carbocycles. The molecule has 0 aliphatic rings. The smallest absolute Gasteiger partial charge is 0.158 e. The zero-order valence-corrected chi connectivity index (χ0v) is 12.7. The van der Waals surface area contributed by atoms with Gasteiger partial charge in [-0.1, -0.05) is 0 Å². The maximum absolute atomic E-state index is 4.53. The van der Waals surface area contributed by atoms with Crippen molar-refractivity contribution in [3.8, 4) is 0 Å². The molecule has 3 aromatic heterocycles. The van der Waals surface area contributed by atoms with Gasteiger partial charge in [0.05, 0.1) is 11.4 Å². The third kappa shape index (κ3) is 2.24. The molecule has 3 heterocycles. The molecule has 0 fully saturated rings. The second kappa shape index (κ2) is 5.16. The van der Waals surface area contributed by atoms with Crippen molar-refractivity contribution in [3.63, 3.8) is 0 Å². The van der Waals surface area contributed by atoms with Crippen molar-refractivity contribution in [2.24, 2.45) is 0 Å². The van der Waals surface area contributed by atoms with Crippen molar-refractivity contribution in [2.45, 2.75) is 40.8 Å². The number of aromatic nitrogens is 6. The fourth-order valence-electron chi connectivity index (χ4n) is 2.55. The normalized spacial score (nSPS) is 11.2. The van der Waals surface area contributed by atoms with E-state index >= 15 is 0 Å². The van der Waals surface area contributed by atoms with Gasteiger partial charge in [0.15, 0.2) is 11.3 Å². The van der Waals surface area contributed by atoms with Gasteiger partial charge in [0.25, 0.3) is 0 Å². The Morgan fingerprint density at radius 3 is 2.71 bits per heavy atom. The molecule has 7 nitrogen and oxygen atoms in total. The molecule has 3 rings (SSSR count). The molecule has 2 N–H and O–H groups in total. The van der Waals surface area contributed by atoms with E-state index in [1.165, 1.54) is 11.3 Å². The Morgan fingerprint density at radius 2 is 2.00 bits per heavy atom. The summed E-state index contributed by atoms with van der Waals surface area (Å²) < 4.78 is 2.01. The number of rotatable bonds is 4. The van der Waals surface area contributed by atoms with E-state index in [1.807, 2.05) is 18.5 Å². The van der Waals surface area contributed by atoms with Crippen molar-refractivity contribution in [3.05, 3.63) is 29.0 Å². The van der Waals surface area contributed by atoms with E-state index < -0.39 is 0 Å². The molecule has 110 valence electrons. The van der Waals surface area contributed by atoms with Crippen LogP contribution in [0, 0.1) is 20.8 Å². The molecule has 3 aromatic rings. The van der Waals surface area contributed by atoms with Gasteiger partial charge in [-0.25, -0.2) is 9.97 Å². The summed E-state index contributed by atoms with van der Waals surface area (Å²) in [6.07, 6.45) is 1.56. The van der Waals surface area contributed by atoms with Gasteiger partial charge < -0.3 is 5.32 Å². The van der Waals surface area contributed by atoms with Crippen molar-refractivity contribution >= 4 is 16.9 Å². The summed E-state index contributed by atoms with van der Waals surface area (Å²) in [5, 5.41) is 15.1. The predicted molar refractivity (Wildman–Crippen MR) is 81.1 cm³/mol. The third-order valence-electron chi connectivity index (χ3n) is 3.78. The first kappa shape index (κ1) is 13.5. The second-order valence-corrected chi connectivity index (χ2v) is 5.09. The summed E-state index contributed by atoms with van der Waals surface area (Å²) >= 11 is 0. The lowest BCUT2D eigenvalue weighted by Gasteiger charge is -2.06. The van der Waals surface area contributed by atoms with Crippen LogP contribution in [0.15, 0.2) is 6.33 Å². The SMILES string of the molecule is CCn1nc(C)c(CNc2ncnc3c(C)[nH]nc23)c1C. The topological polar surface area (TPSA) is 84.3 Å². The van der Waals surface area contributed by atoms with Gasteiger partial charge in [0, 0.05) is 24.3 Å². The van der Waals surface area contributed by atoms with E-state index in [9.17, 15) is 0 Å². The summed E-state index contributed by atoms with van der Waals surface area (Å²) in [6.45, 7) is 9.72. The standard InChI is InChI=1S/C14H19N7/c1-5-21-10(4)11(8(2)20-21)6-15-14-13-12(16-7-17-14)9(3)18-19-13/h7H,5-6H2,1-4H3,(H,18,19)(H,15,16,17). The first-order chi connectivity index (χ1) is 10.1. The van der Waals surface area contributed by atoms with Crippen LogP contribution >= 0.6 is 0 Å². The lowest BCUT2D eigenvalue weighted by atomic mass is 10.2. The maximum atomic E-state index is 4.53. The summed E-state index contributed by atoms with van der Waals surface area (Å²) in [5.74, 6) is 0.743. The highest BCUT2D eigenvalue weighted by Gasteiger charge is 2.13. The maximum Gasteiger partial charge on any atom is 0.158 e. The van der Waals surface area contributed by atoms with Crippen LogP contribution in [0.1, 0.15) is 29.6 Å².